The quantitative estimate of drug-likeness (QED) is 0.842. The van der Waals surface area contributed by atoms with Gasteiger partial charge in [-0.1, -0.05) is 11.8 Å². The van der Waals surface area contributed by atoms with E-state index < -0.39 is 5.97 Å². The van der Waals surface area contributed by atoms with Crippen LogP contribution in [0.3, 0.4) is 0 Å². The van der Waals surface area contributed by atoms with Crippen LogP contribution in [0.1, 0.15) is 0 Å². The van der Waals surface area contributed by atoms with Gasteiger partial charge in [0.05, 0.1) is 17.6 Å². The van der Waals surface area contributed by atoms with Gasteiger partial charge in [-0.2, -0.15) is 5.10 Å². The lowest BCUT2D eigenvalue weighted by Gasteiger charge is -1.90. The van der Waals surface area contributed by atoms with Crippen molar-refractivity contribution in [3.05, 3.63) is 17.8 Å². The summed E-state index contributed by atoms with van der Waals surface area (Å²) in [5.74, 6) is -0.789. The van der Waals surface area contributed by atoms with Crippen molar-refractivity contribution in [2.45, 2.75) is 4.34 Å². The Kier molecular flexibility index (Phi) is 3.25. The summed E-state index contributed by atoms with van der Waals surface area (Å²) in [6, 6.07) is 0. The minimum absolute atomic E-state index is 0.0417. The third-order valence-electron chi connectivity index (χ3n) is 1.80. The molecular formula is C9H9N3O2S2. The largest absolute Gasteiger partial charge is 0.481 e. The van der Waals surface area contributed by atoms with Crippen LogP contribution in [0.15, 0.2) is 22.1 Å². The number of carbonyl (C=O) groups is 1. The fourth-order valence-corrected chi connectivity index (χ4v) is 2.69. The van der Waals surface area contributed by atoms with E-state index in [1.807, 2.05) is 18.6 Å². The molecule has 1 N–H and O–H groups in total. The van der Waals surface area contributed by atoms with E-state index in [0.29, 0.717) is 0 Å². The number of hydrogen-bond donors (Lipinski definition) is 1. The number of thioether (sulfide) groups is 1. The van der Waals surface area contributed by atoms with Crippen LogP contribution in [0.5, 0.6) is 0 Å². The van der Waals surface area contributed by atoms with Gasteiger partial charge in [-0.25, -0.2) is 4.98 Å². The van der Waals surface area contributed by atoms with Gasteiger partial charge in [0.2, 0.25) is 0 Å². The van der Waals surface area contributed by atoms with E-state index in [9.17, 15) is 4.79 Å². The zero-order valence-corrected chi connectivity index (χ0v) is 10.1. The smallest absolute Gasteiger partial charge is 0.313 e. The number of rotatable bonds is 4. The number of aliphatic carboxylic acids is 1. The summed E-state index contributed by atoms with van der Waals surface area (Å²) in [6.07, 6.45) is 3.61. The predicted octanol–water partition coefficient (Wildman–Crippen LogP) is 1.72. The summed E-state index contributed by atoms with van der Waals surface area (Å²) in [4.78, 5) is 14.7. The normalized spacial score (nSPS) is 10.6. The average Bonchev–Trinajstić information content (AvgIpc) is 2.83. The van der Waals surface area contributed by atoms with Crippen molar-refractivity contribution >= 4 is 29.1 Å². The van der Waals surface area contributed by atoms with Crippen LogP contribution in [0.25, 0.3) is 11.3 Å². The molecule has 2 aromatic rings. The molecule has 2 aromatic heterocycles. The van der Waals surface area contributed by atoms with Gasteiger partial charge < -0.3 is 5.11 Å². The minimum atomic E-state index is -0.830. The van der Waals surface area contributed by atoms with Gasteiger partial charge in [-0.05, 0) is 0 Å². The van der Waals surface area contributed by atoms with Crippen molar-refractivity contribution in [2.75, 3.05) is 5.75 Å². The first-order valence-electron chi connectivity index (χ1n) is 4.44. The monoisotopic (exact) mass is 255 g/mol. The van der Waals surface area contributed by atoms with E-state index in [1.54, 1.807) is 10.9 Å². The van der Waals surface area contributed by atoms with E-state index in [0.717, 1.165) is 15.6 Å². The SMILES string of the molecule is Cn1cc(-c2csc(SCC(=O)O)n2)cn1. The molecule has 0 fully saturated rings. The van der Waals surface area contributed by atoms with Gasteiger partial charge >= 0.3 is 5.97 Å². The van der Waals surface area contributed by atoms with Crippen LogP contribution in [0.4, 0.5) is 0 Å². The van der Waals surface area contributed by atoms with Crippen molar-refractivity contribution in [2.24, 2.45) is 7.05 Å². The molecule has 2 heterocycles. The molecule has 2 rings (SSSR count). The summed E-state index contributed by atoms with van der Waals surface area (Å²) in [5.41, 5.74) is 1.78. The zero-order chi connectivity index (χ0) is 11.5. The Morgan fingerprint density at radius 2 is 2.50 bits per heavy atom. The van der Waals surface area contributed by atoms with E-state index in [2.05, 4.69) is 10.1 Å². The summed E-state index contributed by atoms with van der Waals surface area (Å²) in [6.45, 7) is 0. The Morgan fingerprint density at radius 3 is 3.12 bits per heavy atom. The second-order valence-electron chi connectivity index (χ2n) is 3.08. The van der Waals surface area contributed by atoms with Crippen molar-refractivity contribution < 1.29 is 9.90 Å². The van der Waals surface area contributed by atoms with Crippen LogP contribution < -0.4 is 0 Å². The van der Waals surface area contributed by atoms with E-state index in [4.69, 9.17) is 5.11 Å². The Morgan fingerprint density at radius 1 is 1.69 bits per heavy atom. The molecule has 84 valence electrons. The molecule has 0 saturated heterocycles. The van der Waals surface area contributed by atoms with Crippen LogP contribution in [-0.4, -0.2) is 31.6 Å². The Hall–Kier alpha value is -1.34. The molecule has 16 heavy (non-hydrogen) atoms. The fourth-order valence-electron chi connectivity index (χ4n) is 1.13. The molecule has 0 radical (unpaired) electrons. The molecule has 0 bridgehead atoms. The van der Waals surface area contributed by atoms with Crippen molar-refractivity contribution in [3.8, 4) is 11.3 Å². The van der Waals surface area contributed by atoms with Crippen LogP contribution in [0.2, 0.25) is 0 Å². The third-order valence-corrected chi connectivity index (χ3v) is 3.81. The minimum Gasteiger partial charge on any atom is -0.481 e. The maximum absolute atomic E-state index is 10.4. The molecule has 5 nitrogen and oxygen atoms in total. The molecule has 0 aliphatic carbocycles. The third kappa shape index (κ3) is 2.61. The second-order valence-corrected chi connectivity index (χ2v) is 5.16. The molecule has 0 spiro atoms. The number of carboxylic acids is 1. The Bertz CT molecular complexity index is 506. The number of thiazole rings is 1. The van der Waals surface area contributed by atoms with Crippen LogP contribution >= 0.6 is 23.1 Å². The van der Waals surface area contributed by atoms with Gasteiger partial charge in [0.15, 0.2) is 4.34 Å². The number of nitrogens with zero attached hydrogens (tertiary/aromatic N) is 3. The second kappa shape index (κ2) is 4.67. The molecule has 0 unspecified atom stereocenters. The predicted molar refractivity (Wildman–Crippen MR) is 62.7 cm³/mol. The molecule has 0 aliphatic rings. The number of carboxylic acid groups (broad SMARTS) is 1. The standard InChI is InChI=1S/C9H9N3O2S2/c1-12-3-6(2-10-12)7-4-15-9(11-7)16-5-8(13)14/h2-4H,5H2,1H3,(H,13,14). The number of aromatic nitrogens is 3. The molecule has 0 aliphatic heterocycles. The summed E-state index contributed by atoms with van der Waals surface area (Å²) >= 11 is 2.68. The lowest BCUT2D eigenvalue weighted by Crippen LogP contribution is -1.96. The first-order valence-corrected chi connectivity index (χ1v) is 6.31. The topological polar surface area (TPSA) is 68.0 Å². The number of hydrogen-bond acceptors (Lipinski definition) is 5. The first kappa shape index (κ1) is 11.2. The van der Waals surface area contributed by atoms with Crippen LogP contribution in [-0.2, 0) is 11.8 Å². The van der Waals surface area contributed by atoms with Gasteiger partial charge in [0, 0.05) is 24.2 Å². The summed E-state index contributed by atoms with van der Waals surface area (Å²) in [7, 11) is 1.84. The van der Waals surface area contributed by atoms with E-state index in [-0.39, 0.29) is 5.75 Å². The van der Waals surface area contributed by atoms with Crippen LogP contribution in [0, 0.1) is 0 Å². The highest BCUT2D eigenvalue weighted by Gasteiger charge is 2.08. The van der Waals surface area contributed by atoms with Gasteiger partial charge in [-0.3, -0.25) is 9.48 Å². The highest BCUT2D eigenvalue weighted by atomic mass is 32.2. The fraction of sp³-hybridized carbons (Fsp3) is 0.222. The molecule has 7 heteroatoms. The number of aryl methyl sites for hydroxylation is 1. The maximum Gasteiger partial charge on any atom is 0.313 e. The van der Waals surface area contributed by atoms with Crippen molar-refractivity contribution in [3.63, 3.8) is 0 Å². The lowest BCUT2D eigenvalue weighted by atomic mass is 10.3. The molecule has 0 atom stereocenters. The summed E-state index contributed by atoms with van der Waals surface area (Å²) in [5, 5.41) is 14.5. The highest BCUT2D eigenvalue weighted by molar-refractivity contribution is 8.01. The summed E-state index contributed by atoms with van der Waals surface area (Å²) < 4.78 is 2.47. The zero-order valence-electron chi connectivity index (χ0n) is 8.45. The first-order chi connectivity index (χ1) is 7.65. The maximum atomic E-state index is 10.4. The lowest BCUT2D eigenvalue weighted by molar-refractivity contribution is -0.133. The average molecular weight is 255 g/mol. The van der Waals surface area contributed by atoms with Crippen molar-refractivity contribution in [1.82, 2.24) is 14.8 Å². The van der Waals surface area contributed by atoms with Gasteiger partial charge in [0.25, 0.3) is 0 Å². The van der Waals surface area contributed by atoms with E-state index >= 15 is 0 Å². The molecule has 0 saturated carbocycles. The Balaban J connectivity index is 2.10. The van der Waals surface area contributed by atoms with Gasteiger partial charge in [0.1, 0.15) is 0 Å². The highest BCUT2D eigenvalue weighted by Crippen LogP contribution is 2.27. The molecule has 0 aromatic carbocycles. The van der Waals surface area contributed by atoms with Crippen molar-refractivity contribution in [1.29, 1.82) is 0 Å². The van der Waals surface area contributed by atoms with Gasteiger partial charge in [-0.15, -0.1) is 11.3 Å². The van der Waals surface area contributed by atoms with E-state index in [1.165, 1.54) is 23.1 Å². The molecule has 0 amide bonds. The Labute approximate surface area is 100 Å². The molecular weight excluding hydrogens is 246 g/mol.